The van der Waals surface area contributed by atoms with Crippen molar-refractivity contribution in [3.63, 3.8) is 0 Å². The van der Waals surface area contributed by atoms with E-state index in [1.54, 1.807) is 0 Å². The number of anilines is 6. The van der Waals surface area contributed by atoms with E-state index in [-0.39, 0.29) is 17.5 Å². The highest BCUT2D eigenvalue weighted by atomic mass is 15.3. The van der Waals surface area contributed by atoms with E-state index in [4.69, 9.17) is 0 Å². The number of aromatic nitrogens is 2. The summed E-state index contributed by atoms with van der Waals surface area (Å²) in [5.41, 5.74) is 23.0. The molecule has 4 heterocycles. The van der Waals surface area contributed by atoms with Gasteiger partial charge < -0.3 is 9.47 Å². The molecule has 72 heavy (non-hydrogen) atoms. The minimum Gasteiger partial charge on any atom is -0.319 e. The summed E-state index contributed by atoms with van der Waals surface area (Å²) in [5.74, 6) is 1.15. The molecule has 0 amide bonds. The predicted octanol–water partition coefficient (Wildman–Crippen LogP) is 15.9. The summed E-state index contributed by atoms with van der Waals surface area (Å²) in [6.07, 6.45) is 0. The smallest absolute Gasteiger partial charge is 0.276 e. The third kappa shape index (κ3) is 6.89. The Balaban J connectivity index is 1.16. The largest absolute Gasteiger partial charge is 0.319 e. The molecule has 0 saturated carbocycles. The molecular weight excluding hydrogens is 872 g/mol. The van der Waals surface area contributed by atoms with Gasteiger partial charge in [-0.05, 0) is 152 Å². The highest BCUT2D eigenvalue weighted by Crippen LogP contribution is 2.50. The van der Waals surface area contributed by atoms with Gasteiger partial charge in [0.1, 0.15) is 5.82 Å². The van der Waals surface area contributed by atoms with Crippen molar-refractivity contribution in [2.24, 2.45) is 0 Å². The Morgan fingerprint density at radius 3 is 1.44 bits per heavy atom. The number of hydrogen-bond donors (Lipinski definition) is 0. The minimum absolute atomic E-state index is 0.0637. The molecular formula is C67H57BN4. The molecule has 0 aliphatic carbocycles. The van der Waals surface area contributed by atoms with E-state index in [9.17, 15) is 0 Å². The predicted molar refractivity (Wildman–Crippen MR) is 307 cm³/mol. The standard InChI is InChI=1S/C67H57BN4/c1-44-40-59-62-60(41-44)72(54-27-19-20-47(42-54)45-30-35-49(36-31-45)66(2,3)4)65-61(55-28-17-18-29-57(55)71(65)53-25-15-10-16-26-53)68(62)64-63(69(59)51-21-11-8-12-22-51)56-43-48(46-32-37-50(38-33-46)67(5,6)7)34-39-58(56)70(64)52-23-13-9-14-24-52/h8-43H,1-7H3. The maximum atomic E-state index is 2.58. The van der Waals surface area contributed by atoms with Crippen LogP contribution in [-0.2, 0) is 10.8 Å². The summed E-state index contributed by atoms with van der Waals surface area (Å²) in [4.78, 5) is 5.17. The monoisotopic (exact) mass is 928 g/mol. The molecule has 0 bridgehead atoms. The first-order valence-corrected chi connectivity index (χ1v) is 25.5. The lowest BCUT2D eigenvalue weighted by molar-refractivity contribution is 0.590. The lowest BCUT2D eigenvalue weighted by Crippen LogP contribution is -2.63. The molecule has 0 N–H and O–H groups in total. The summed E-state index contributed by atoms with van der Waals surface area (Å²) >= 11 is 0. The zero-order chi connectivity index (χ0) is 49.0. The molecule has 0 fully saturated rings. The molecule has 4 nitrogen and oxygen atoms in total. The molecule has 0 atom stereocenters. The van der Waals surface area contributed by atoms with Gasteiger partial charge in [-0.15, -0.1) is 0 Å². The van der Waals surface area contributed by atoms with Crippen LogP contribution in [0.2, 0.25) is 0 Å². The SMILES string of the molecule is Cc1cc2c3c(c1)N(c1cccc(-c4ccc(C(C)(C)C)cc4)c1)c1c(c4ccccc4n1-c1ccccc1)B3c1c(c3cc(-c4ccc(C(C)(C)C)cc4)ccc3n1-c1ccccc1)N2c1ccccc1. The highest BCUT2D eigenvalue weighted by Gasteiger charge is 2.49. The van der Waals surface area contributed by atoms with E-state index in [0.717, 1.165) is 28.6 Å². The van der Waals surface area contributed by atoms with Gasteiger partial charge in [-0.1, -0.05) is 181 Å². The molecule has 348 valence electrons. The van der Waals surface area contributed by atoms with E-state index in [0.29, 0.717) is 0 Å². The van der Waals surface area contributed by atoms with E-state index in [1.165, 1.54) is 94.3 Å². The molecule has 0 saturated heterocycles. The molecule has 2 aliphatic rings. The molecule has 0 spiro atoms. The minimum atomic E-state index is -0.165. The molecule has 9 aromatic carbocycles. The maximum Gasteiger partial charge on any atom is 0.276 e. The summed E-state index contributed by atoms with van der Waals surface area (Å²) < 4.78 is 5.11. The average Bonchev–Trinajstić information content (AvgIpc) is 3.92. The zero-order valence-electron chi connectivity index (χ0n) is 42.2. The fourth-order valence-corrected chi connectivity index (χ4v) is 11.8. The van der Waals surface area contributed by atoms with E-state index in [2.05, 4.69) is 286 Å². The van der Waals surface area contributed by atoms with Crippen molar-refractivity contribution < 1.29 is 0 Å². The second kappa shape index (κ2) is 16.4. The number of nitrogens with zero attached hydrogens (tertiary/aromatic N) is 4. The lowest BCUT2D eigenvalue weighted by atomic mass is 9.35. The van der Waals surface area contributed by atoms with E-state index in [1.807, 2.05) is 0 Å². The molecule has 0 radical (unpaired) electrons. The van der Waals surface area contributed by atoms with E-state index < -0.39 is 0 Å². The maximum absolute atomic E-state index is 2.58. The Morgan fingerprint density at radius 2 is 0.847 bits per heavy atom. The quantitative estimate of drug-likeness (QED) is 0.155. The molecule has 2 aliphatic heterocycles. The highest BCUT2D eigenvalue weighted by molar-refractivity contribution is 7.01. The Hall–Kier alpha value is -8.28. The normalized spacial score (nSPS) is 13.1. The van der Waals surface area contributed by atoms with Gasteiger partial charge in [-0.25, -0.2) is 0 Å². The van der Waals surface area contributed by atoms with Gasteiger partial charge in [0, 0.05) is 45.1 Å². The second-order valence-corrected chi connectivity index (χ2v) is 21.9. The van der Waals surface area contributed by atoms with Gasteiger partial charge >= 0.3 is 0 Å². The van der Waals surface area contributed by atoms with Crippen LogP contribution in [0.1, 0.15) is 58.2 Å². The number of fused-ring (bicyclic) bond motifs is 8. The van der Waals surface area contributed by atoms with Crippen molar-refractivity contribution in [3.05, 3.63) is 235 Å². The number of benzene rings is 9. The van der Waals surface area contributed by atoms with Gasteiger partial charge in [0.15, 0.2) is 0 Å². The van der Waals surface area contributed by atoms with E-state index >= 15 is 0 Å². The first-order chi connectivity index (χ1) is 34.9. The Bertz CT molecular complexity index is 3870. The van der Waals surface area contributed by atoms with Crippen LogP contribution in [-0.4, -0.2) is 15.8 Å². The van der Waals surface area contributed by atoms with Gasteiger partial charge in [-0.2, -0.15) is 0 Å². The lowest BCUT2D eigenvalue weighted by Gasteiger charge is -2.43. The molecule has 2 aromatic heterocycles. The fourth-order valence-electron chi connectivity index (χ4n) is 11.8. The first-order valence-electron chi connectivity index (χ1n) is 25.5. The van der Waals surface area contributed by atoms with Gasteiger partial charge in [0.25, 0.3) is 6.71 Å². The summed E-state index contributed by atoms with van der Waals surface area (Å²) in [5, 5.41) is 2.45. The number of hydrogen-bond acceptors (Lipinski definition) is 2. The molecule has 0 unspecified atom stereocenters. The Labute approximate surface area is 424 Å². The van der Waals surface area contributed by atoms with Crippen LogP contribution in [0.25, 0.3) is 55.4 Å². The van der Waals surface area contributed by atoms with Crippen molar-refractivity contribution in [2.45, 2.75) is 59.3 Å². The van der Waals surface area contributed by atoms with Crippen molar-refractivity contribution in [2.75, 3.05) is 9.80 Å². The summed E-state index contributed by atoms with van der Waals surface area (Å²) in [7, 11) is 0. The molecule has 5 heteroatoms. The van der Waals surface area contributed by atoms with Crippen LogP contribution >= 0.6 is 0 Å². The van der Waals surface area contributed by atoms with Crippen LogP contribution in [0, 0.1) is 6.92 Å². The Morgan fingerprint density at radius 1 is 0.361 bits per heavy atom. The summed E-state index contributed by atoms with van der Waals surface area (Å²) in [6.45, 7) is 15.8. The van der Waals surface area contributed by atoms with Crippen molar-refractivity contribution in [1.29, 1.82) is 0 Å². The van der Waals surface area contributed by atoms with Crippen molar-refractivity contribution in [3.8, 4) is 33.6 Å². The van der Waals surface area contributed by atoms with Gasteiger partial charge in [-0.3, -0.25) is 9.47 Å². The van der Waals surface area contributed by atoms with Crippen molar-refractivity contribution >= 4 is 79.3 Å². The van der Waals surface area contributed by atoms with Gasteiger partial charge in [0.2, 0.25) is 0 Å². The first kappa shape index (κ1) is 43.7. The van der Waals surface area contributed by atoms with Crippen LogP contribution in [0.5, 0.6) is 0 Å². The third-order valence-corrected chi connectivity index (χ3v) is 15.2. The van der Waals surface area contributed by atoms with Gasteiger partial charge in [0.05, 0.1) is 16.7 Å². The number of para-hydroxylation sites is 4. The molecule has 11 aromatic rings. The van der Waals surface area contributed by atoms with Crippen LogP contribution in [0.4, 0.5) is 34.3 Å². The fraction of sp³-hybridized carbons (Fsp3) is 0.134. The Kier molecular flexibility index (Phi) is 9.96. The molecule has 13 rings (SSSR count). The van der Waals surface area contributed by atoms with Crippen molar-refractivity contribution in [1.82, 2.24) is 9.13 Å². The zero-order valence-corrected chi connectivity index (χ0v) is 42.2. The van der Waals surface area contributed by atoms with Crippen LogP contribution < -0.4 is 26.3 Å². The van der Waals surface area contributed by atoms with Crippen LogP contribution in [0.3, 0.4) is 0 Å². The number of rotatable bonds is 6. The number of aryl methyl sites for hydroxylation is 1. The topological polar surface area (TPSA) is 16.3 Å². The average molecular weight is 929 g/mol. The summed E-state index contributed by atoms with van der Waals surface area (Å²) in [6, 6.07) is 81.8. The third-order valence-electron chi connectivity index (χ3n) is 15.2. The van der Waals surface area contributed by atoms with Crippen LogP contribution in [0.15, 0.2) is 218 Å². The second-order valence-electron chi connectivity index (χ2n) is 21.9.